The van der Waals surface area contributed by atoms with Gasteiger partial charge >= 0.3 is 0 Å². The van der Waals surface area contributed by atoms with E-state index in [9.17, 15) is 4.21 Å². The maximum Gasteiger partial charge on any atom is 0.0615 e. The highest BCUT2D eigenvalue weighted by Crippen LogP contribution is 2.11. The molecule has 0 aliphatic carbocycles. The van der Waals surface area contributed by atoms with Gasteiger partial charge in [0.15, 0.2) is 0 Å². The van der Waals surface area contributed by atoms with Crippen molar-refractivity contribution in [3.8, 4) is 0 Å². The van der Waals surface area contributed by atoms with Crippen molar-refractivity contribution in [3.63, 3.8) is 0 Å². The second-order valence-electron chi connectivity index (χ2n) is 3.69. The fourth-order valence-electron chi connectivity index (χ4n) is 1.66. The lowest BCUT2D eigenvalue weighted by Crippen LogP contribution is -2.48. The van der Waals surface area contributed by atoms with Gasteiger partial charge in [-0.1, -0.05) is 0 Å². The number of hydrogen-bond acceptors (Lipinski definition) is 3. The minimum atomic E-state index is -0.609. The number of hydrogen-bond donors (Lipinski definition) is 0. The van der Waals surface area contributed by atoms with Gasteiger partial charge in [-0.15, -0.1) is 0 Å². The second-order valence-corrected chi connectivity index (χ2v) is 5.67. The van der Waals surface area contributed by atoms with E-state index in [0.29, 0.717) is 11.3 Å². The molecule has 3 nitrogen and oxygen atoms in total. The largest absolute Gasteiger partial charge is 0.383 e. The summed E-state index contributed by atoms with van der Waals surface area (Å²) in [4.78, 5) is 2.36. The molecule has 3 unspecified atom stereocenters. The van der Waals surface area contributed by atoms with Crippen molar-refractivity contribution in [2.75, 3.05) is 32.6 Å². The van der Waals surface area contributed by atoms with Gasteiger partial charge in [0.25, 0.3) is 0 Å². The minimum absolute atomic E-state index is 0.313. The molecule has 1 saturated heterocycles. The molecule has 0 aromatic rings. The van der Waals surface area contributed by atoms with E-state index in [-0.39, 0.29) is 0 Å². The zero-order valence-corrected chi connectivity index (χ0v) is 9.47. The van der Waals surface area contributed by atoms with Crippen molar-refractivity contribution in [2.24, 2.45) is 0 Å². The van der Waals surface area contributed by atoms with E-state index in [1.807, 2.05) is 0 Å². The van der Waals surface area contributed by atoms with E-state index < -0.39 is 10.8 Å². The van der Waals surface area contributed by atoms with Crippen LogP contribution in [0.2, 0.25) is 0 Å². The first-order valence-electron chi connectivity index (χ1n) is 4.75. The molecule has 0 aromatic carbocycles. The van der Waals surface area contributed by atoms with Crippen molar-refractivity contribution >= 4 is 10.8 Å². The van der Waals surface area contributed by atoms with Crippen molar-refractivity contribution < 1.29 is 8.95 Å². The van der Waals surface area contributed by atoms with Gasteiger partial charge in [-0.05, 0) is 13.8 Å². The average molecular weight is 205 g/mol. The predicted molar refractivity (Wildman–Crippen MR) is 55.4 cm³/mol. The molecule has 0 saturated carbocycles. The van der Waals surface area contributed by atoms with Crippen molar-refractivity contribution in [3.05, 3.63) is 0 Å². The SMILES string of the molecule is COCC(C)N1CCS(=O)C(C)C1. The molecule has 0 N–H and O–H groups in total. The Morgan fingerprint density at radius 1 is 1.69 bits per heavy atom. The minimum Gasteiger partial charge on any atom is -0.383 e. The van der Waals surface area contributed by atoms with Crippen molar-refractivity contribution in [1.29, 1.82) is 0 Å². The van der Waals surface area contributed by atoms with Gasteiger partial charge in [-0.25, -0.2) is 0 Å². The molecule has 0 aromatic heterocycles. The molecule has 1 aliphatic rings. The van der Waals surface area contributed by atoms with Crippen LogP contribution >= 0.6 is 0 Å². The maximum atomic E-state index is 11.4. The van der Waals surface area contributed by atoms with Gasteiger partial charge < -0.3 is 4.74 Å². The summed E-state index contributed by atoms with van der Waals surface area (Å²) >= 11 is 0. The molecule has 78 valence electrons. The Morgan fingerprint density at radius 2 is 2.38 bits per heavy atom. The number of nitrogens with zero attached hydrogens (tertiary/aromatic N) is 1. The van der Waals surface area contributed by atoms with Gasteiger partial charge in [0.1, 0.15) is 0 Å². The van der Waals surface area contributed by atoms with Crippen LogP contribution < -0.4 is 0 Å². The summed E-state index contributed by atoms with van der Waals surface area (Å²) in [5, 5.41) is 0.313. The summed E-state index contributed by atoms with van der Waals surface area (Å²) in [6.45, 7) is 6.87. The number of methoxy groups -OCH3 is 1. The molecule has 3 atom stereocenters. The molecule has 0 radical (unpaired) electrons. The Hall–Kier alpha value is 0.0700. The van der Waals surface area contributed by atoms with Gasteiger partial charge in [0, 0.05) is 48.0 Å². The van der Waals surface area contributed by atoms with Gasteiger partial charge in [-0.2, -0.15) is 0 Å². The normalized spacial score (nSPS) is 33.2. The van der Waals surface area contributed by atoms with Crippen molar-refractivity contribution in [2.45, 2.75) is 25.1 Å². The zero-order chi connectivity index (χ0) is 9.84. The molecule has 1 heterocycles. The lowest BCUT2D eigenvalue weighted by molar-refractivity contribution is 0.101. The Balaban J connectivity index is 2.40. The highest BCUT2D eigenvalue weighted by atomic mass is 32.2. The molecular formula is C9H19NO2S. The van der Waals surface area contributed by atoms with Crippen LogP contribution in [0.15, 0.2) is 0 Å². The molecule has 0 bridgehead atoms. The van der Waals surface area contributed by atoms with E-state index in [1.165, 1.54) is 0 Å². The van der Waals surface area contributed by atoms with Crippen LogP contribution in [0.1, 0.15) is 13.8 Å². The molecule has 1 aliphatic heterocycles. The summed E-state index contributed by atoms with van der Waals surface area (Å²) in [7, 11) is 1.12. The quantitative estimate of drug-likeness (QED) is 0.671. The van der Waals surface area contributed by atoms with Crippen LogP contribution in [0, 0.1) is 0 Å². The Kier molecular flexibility index (Phi) is 4.35. The molecule has 0 spiro atoms. The highest BCUT2D eigenvalue weighted by molar-refractivity contribution is 7.85. The third-order valence-electron chi connectivity index (χ3n) is 2.55. The van der Waals surface area contributed by atoms with Crippen molar-refractivity contribution in [1.82, 2.24) is 4.90 Å². The lowest BCUT2D eigenvalue weighted by atomic mass is 10.2. The van der Waals surface area contributed by atoms with Crippen LogP contribution in [0.4, 0.5) is 0 Å². The third-order valence-corrected chi connectivity index (χ3v) is 4.18. The summed E-state index contributed by atoms with van der Waals surface area (Å²) in [5.74, 6) is 0.815. The Bertz CT molecular complexity index is 186. The molecule has 4 heteroatoms. The Labute approximate surface area is 82.9 Å². The van der Waals surface area contributed by atoms with Crippen LogP contribution in [0.3, 0.4) is 0 Å². The molecule has 0 amide bonds. The summed E-state index contributed by atoms with van der Waals surface area (Å²) in [6.07, 6.45) is 0. The first-order valence-corrected chi connectivity index (χ1v) is 6.13. The van der Waals surface area contributed by atoms with Crippen LogP contribution in [0.5, 0.6) is 0 Å². The number of rotatable bonds is 3. The van der Waals surface area contributed by atoms with Gasteiger partial charge in [0.05, 0.1) is 6.61 Å². The molecular weight excluding hydrogens is 186 g/mol. The summed E-state index contributed by atoms with van der Waals surface area (Å²) < 4.78 is 16.5. The first-order chi connectivity index (χ1) is 6.15. The topological polar surface area (TPSA) is 29.5 Å². The van der Waals surface area contributed by atoms with Crippen LogP contribution in [-0.2, 0) is 15.5 Å². The molecule has 1 fully saturated rings. The van der Waals surface area contributed by atoms with Crippen LogP contribution in [0.25, 0.3) is 0 Å². The average Bonchev–Trinajstić information content (AvgIpc) is 2.10. The monoisotopic (exact) mass is 205 g/mol. The zero-order valence-electron chi connectivity index (χ0n) is 8.66. The summed E-state index contributed by atoms with van der Waals surface area (Å²) in [5.41, 5.74) is 0. The van der Waals surface area contributed by atoms with Gasteiger partial charge in [-0.3, -0.25) is 9.11 Å². The molecule has 1 rings (SSSR count). The first kappa shape index (κ1) is 11.1. The lowest BCUT2D eigenvalue weighted by Gasteiger charge is -2.34. The fraction of sp³-hybridized carbons (Fsp3) is 1.00. The summed E-state index contributed by atoms with van der Waals surface area (Å²) in [6, 6.07) is 0.449. The van der Waals surface area contributed by atoms with Crippen LogP contribution in [-0.4, -0.2) is 53.0 Å². The Morgan fingerprint density at radius 3 is 2.92 bits per heavy atom. The van der Waals surface area contributed by atoms with Gasteiger partial charge in [0.2, 0.25) is 0 Å². The number of ether oxygens (including phenoxy) is 1. The fourth-order valence-corrected chi connectivity index (χ4v) is 2.83. The third kappa shape index (κ3) is 3.04. The molecule has 13 heavy (non-hydrogen) atoms. The van der Waals surface area contributed by atoms with E-state index in [1.54, 1.807) is 7.11 Å². The van der Waals surface area contributed by atoms with E-state index in [2.05, 4.69) is 18.7 Å². The second kappa shape index (κ2) is 5.08. The van der Waals surface area contributed by atoms with E-state index in [0.717, 1.165) is 25.4 Å². The standard InChI is InChI=1S/C9H19NO2S/c1-8(7-12-3)10-4-5-13(11)9(2)6-10/h8-9H,4-7H2,1-3H3. The maximum absolute atomic E-state index is 11.4. The smallest absolute Gasteiger partial charge is 0.0615 e. The van der Waals surface area contributed by atoms with E-state index in [4.69, 9.17) is 4.74 Å². The predicted octanol–water partition coefficient (Wildman–Crippen LogP) is 0.474. The van der Waals surface area contributed by atoms with E-state index >= 15 is 0 Å². The highest BCUT2D eigenvalue weighted by Gasteiger charge is 2.25.